The van der Waals surface area contributed by atoms with Gasteiger partial charge in [0.15, 0.2) is 0 Å². The topological polar surface area (TPSA) is 28.2 Å². The van der Waals surface area contributed by atoms with Gasteiger partial charge in [-0.05, 0) is 37.6 Å². The van der Waals surface area contributed by atoms with Crippen LogP contribution in [0.2, 0.25) is 0 Å². The second-order valence-corrected chi connectivity index (χ2v) is 5.12. The fourth-order valence-electron chi connectivity index (χ4n) is 2.10. The molecule has 2 rings (SSSR count). The van der Waals surface area contributed by atoms with E-state index in [0.717, 1.165) is 18.8 Å². The summed E-state index contributed by atoms with van der Waals surface area (Å²) >= 11 is 0. The van der Waals surface area contributed by atoms with Crippen molar-refractivity contribution in [2.75, 3.05) is 25.5 Å². The molecule has 0 aliphatic rings. The first-order chi connectivity index (χ1) is 9.70. The SMILES string of the molecule is CNC(C)c1ccc(N(C)CCc2ccccc2)nc1. The first-order valence-corrected chi connectivity index (χ1v) is 7.09. The third-order valence-electron chi connectivity index (χ3n) is 3.67. The van der Waals surface area contributed by atoms with Gasteiger partial charge in [-0.2, -0.15) is 0 Å². The smallest absolute Gasteiger partial charge is 0.128 e. The average Bonchev–Trinajstić information content (AvgIpc) is 2.53. The molecule has 1 N–H and O–H groups in total. The molecule has 0 saturated carbocycles. The Labute approximate surface area is 121 Å². The van der Waals surface area contributed by atoms with E-state index in [9.17, 15) is 0 Å². The molecule has 1 unspecified atom stereocenters. The van der Waals surface area contributed by atoms with Crippen molar-refractivity contribution in [2.45, 2.75) is 19.4 Å². The number of pyridine rings is 1. The first kappa shape index (κ1) is 14.5. The van der Waals surface area contributed by atoms with Crippen molar-refractivity contribution < 1.29 is 0 Å². The minimum absolute atomic E-state index is 0.339. The van der Waals surface area contributed by atoms with Gasteiger partial charge in [0.05, 0.1) is 0 Å². The van der Waals surface area contributed by atoms with Crippen molar-refractivity contribution in [3.05, 3.63) is 59.8 Å². The summed E-state index contributed by atoms with van der Waals surface area (Å²) in [7, 11) is 4.05. The van der Waals surface area contributed by atoms with Gasteiger partial charge < -0.3 is 10.2 Å². The molecule has 1 aromatic carbocycles. The Bertz CT molecular complexity index is 508. The lowest BCUT2D eigenvalue weighted by Crippen LogP contribution is -2.21. The van der Waals surface area contributed by atoms with Gasteiger partial charge >= 0.3 is 0 Å². The molecule has 0 saturated heterocycles. The zero-order chi connectivity index (χ0) is 14.4. The maximum Gasteiger partial charge on any atom is 0.128 e. The Balaban J connectivity index is 1.94. The molecule has 1 heterocycles. The number of benzene rings is 1. The monoisotopic (exact) mass is 269 g/mol. The quantitative estimate of drug-likeness (QED) is 0.873. The number of hydrogen-bond acceptors (Lipinski definition) is 3. The van der Waals surface area contributed by atoms with E-state index >= 15 is 0 Å². The van der Waals surface area contributed by atoms with Crippen molar-refractivity contribution in [1.29, 1.82) is 0 Å². The summed E-state index contributed by atoms with van der Waals surface area (Å²) in [6.07, 6.45) is 2.99. The van der Waals surface area contributed by atoms with Gasteiger partial charge in [-0.15, -0.1) is 0 Å². The van der Waals surface area contributed by atoms with Crippen LogP contribution in [0.3, 0.4) is 0 Å². The normalized spacial score (nSPS) is 12.2. The van der Waals surface area contributed by atoms with Crippen molar-refractivity contribution >= 4 is 5.82 Å². The highest BCUT2D eigenvalue weighted by atomic mass is 15.2. The highest BCUT2D eigenvalue weighted by molar-refractivity contribution is 5.39. The minimum Gasteiger partial charge on any atom is -0.359 e. The number of nitrogens with one attached hydrogen (secondary N) is 1. The van der Waals surface area contributed by atoms with E-state index in [2.05, 4.69) is 71.6 Å². The van der Waals surface area contributed by atoms with Gasteiger partial charge in [-0.25, -0.2) is 4.98 Å². The van der Waals surface area contributed by atoms with Crippen molar-refractivity contribution in [3.8, 4) is 0 Å². The van der Waals surface area contributed by atoms with E-state index in [1.807, 2.05) is 13.2 Å². The predicted octanol–water partition coefficient (Wildman–Crippen LogP) is 3.04. The number of nitrogens with zero attached hydrogens (tertiary/aromatic N) is 2. The number of rotatable bonds is 6. The molecular formula is C17H23N3. The molecule has 0 amide bonds. The van der Waals surface area contributed by atoms with Crippen LogP contribution in [0.5, 0.6) is 0 Å². The molecule has 1 atom stereocenters. The third kappa shape index (κ3) is 3.81. The highest BCUT2D eigenvalue weighted by Gasteiger charge is 2.06. The summed E-state index contributed by atoms with van der Waals surface area (Å²) in [5.41, 5.74) is 2.58. The summed E-state index contributed by atoms with van der Waals surface area (Å²) in [5.74, 6) is 1.02. The second-order valence-electron chi connectivity index (χ2n) is 5.12. The standard InChI is InChI=1S/C17H23N3/c1-14(18-2)16-9-10-17(19-13-16)20(3)12-11-15-7-5-4-6-8-15/h4-10,13-14,18H,11-12H2,1-3H3. The minimum atomic E-state index is 0.339. The van der Waals surface area contributed by atoms with Gasteiger partial charge in [0.1, 0.15) is 5.82 Å². The molecule has 106 valence electrons. The Morgan fingerprint density at radius 1 is 1.15 bits per heavy atom. The molecule has 0 bridgehead atoms. The van der Waals surface area contributed by atoms with Crippen molar-refractivity contribution in [2.24, 2.45) is 0 Å². The summed E-state index contributed by atoms with van der Waals surface area (Å²) < 4.78 is 0. The number of anilines is 1. The van der Waals surface area contributed by atoms with Crippen LogP contribution in [0.1, 0.15) is 24.1 Å². The largest absolute Gasteiger partial charge is 0.359 e. The number of aromatic nitrogens is 1. The predicted molar refractivity (Wildman–Crippen MR) is 85.1 cm³/mol. The zero-order valence-electron chi connectivity index (χ0n) is 12.5. The Kier molecular flexibility index (Phi) is 5.13. The Morgan fingerprint density at radius 3 is 2.50 bits per heavy atom. The summed E-state index contributed by atoms with van der Waals surface area (Å²) in [5, 5.41) is 3.22. The van der Waals surface area contributed by atoms with E-state index in [0.29, 0.717) is 6.04 Å². The van der Waals surface area contributed by atoms with E-state index in [1.165, 1.54) is 11.1 Å². The van der Waals surface area contributed by atoms with Crippen LogP contribution in [0.15, 0.2) is 48.7 Å². The van der Waals surface area contributed by atoms with Crippen LogP contribution in [-0.4, -0.2) is 25.6 Å². The molecule has 0 aliphatic heterocycles. The van der Waals surface area contributed by atoms with Gasteiger partial charge in [-0.1, -0.05) is 36.4 Å². The molecule has 3 nitrogen and oxygen atoms in total. The number of hydrogen-bond donors (Lipinski definition) is 1. The van der Waals surface area contributed by atoms with Crippen LogP contribution in [0, 0.1) is 0 Å². The van der Waals surface area contributed by atoms with E-state index in [-0.39, 0.29) is 0 Å². The lowest BCUT2D eigenvalue weighted by Gasteiger charge is -2.19. The van der Waals surface area contributed by atoms with Crippen molar-refractivity contribution in [1.82, 2.24) is 10.3 Å². The lowest BCUT2D eigenvalue weighted by molar-refractivity contribution is 0.649. The Hall–Kier alpha value is -1.87. The van der Waals surface area contributed by atoms with Gasteiger partial charge in [0, 0.05) is 25.8 Å². The lowest BCUT2D eigenvalue weighted by atomic mass is 10.1. The van der Waals surface area contributed by atoms with E-state index < -0.39 is 0 Å². The van der Waals surface area contributed by atoms with Crippen LogP contribution in [0.4, 0.5) is 5.82 Å². The van der Waals surface area contributed by atoms with Crippen LogP contribution < -0.4 is 10.2 Å². The maximum atomic E-state index is 4.55. The third-order valence-corrected chi connectivity index (χ3v) is 3.67. The van der Waals surface area contributed by atoms with Crippen LogP contribution in [-0.2, 0) is 6.42 Å². The van der Waals surface area contributed by atoms with Gasteiger partial charge in [0.25, 0.3) is 0 Å². The van der Waals surface area contributed by atoms with E-state index in [1.54, 1.807) is 0 Å². The average molecular weight is 269 g/mol. The van der Waals surface area contributed by atoms with Gasteiger partial charge in [-0.3, -0.25) is 0 Å². The Morgan fingerprint density at radius 2 is 1.90 bits per heavy atom. The first-order valence-electron chi connectivity index (χ1n) is 7.09. The molecule has 0 aliphatic carbocycles. The van der Waals surface area contributed by atoms with Crippen LogP contribution >= 0.6 is 0 Å². The number of likely N-dealkylation sites (N-methyl/N-ethyl adjacent to an activating group) is 1. The van der Waals surface area contributed by atoms with Crippen LogP contribution in [0.25, 0.3) is 0 Å². The molecule has 0 fully saturated rings. The van der Waals surface area contributed by atoms with E-state index in [4.69, 9.17) is 0 Å². The summed E-state index contributed by atoms with van der Waals surface area (Å²) in [4.78, 5) is 6.74. The maximum absolute atomic E-state index is 4.55. The highest BCUT2D eigenvalue weighted by Crippen LogP contribution is 2.15. The second kappa shape index (κ2) is 7.06. The molecule has 2 aromatic rings. The molecule has 0 radical (unpaired) electrons. The fraction of sp³-hybridized carbons (Fsp3) is 0.353. The molecule has 20 heavy (non-hydrogen) atoms. The fourth-order valence-corrected chi connectivity index (χ4v) is 2.10. The molecule has 3 heteroatoms. The summed E-state index contributed by atoms with van der Waals surface area (Å²) in [6.45, 7) is 3.10. The van der Waals surface area contributed by atoms with Crippen molar-refractivity contribution in [3.63, 3.8) is 0 Å². The molecule has 0 spiro atoms. The molecule has 1 aromatic heterocycles. The summed E-state index contributed by atoms with van der Waals surface area (Å²) in [6, 6.07) is 15.1. The zero-order valence-corrected chi connectivity index (χ0v) is 12.5. The molecular weight excluding hydrogens is 246 g/mol. The van der Waals surface area contributed by atoms with Gasteiger partial charge in [0.2, 0.25) is 0 Å².